The number of nitrogens with zero attached hydrogens (tertiary/aromatic N) is 4. The van der Waals surface area contributed by atoms with Crippen molar-refractivity contribution in [3.8, 4) is 11.1 Å². The number of carbonyl (C=O) groups is 1. The summed E-state index contributed by atoms with van der Waals surface area (Å²) in [5.41, 5.74) is 3.48. The Bertz CT molecular complexity index is 928. The van der Waals surface area contributed by atoms with E-state index >= 15 is 0 Å². The number of pyridine rings is 1. The molecular weight excluding hydrogens is 336 g/mol. The maximum Gasteiger partial charge on any atom is 0.255 e. The van der Waals surface area contributed by atoms with Gasteiger partial charge in [-0.3, -0.25) is 4.79 Å². The monoisotopic (exact) mass is 354 g/mol. The Balaban J connectivity index is 1.61. The summed E-state index contributed by atoms with van der Waals surface area (Å²) in [4.78, 5) is 21.1. The first-order valence-electron chi connectivity index (χ1n) is 8.32. The van der Waals surface area contributed by atoms with Crippen LogP contribution in [0.25, 0.3) is 16.8 Å². The fraction of sp³-hybridized carbons (Fsp3) is 0.263. The Morgan fingerprint density at radius 1 is 1.08 bits per heavy atom. The quantitative estimate of drug-likeness (QED) is 0.710. The van der Waals surface area contributed by atoms with Crippen molar-refractivity contribution in [3.63, 3.8) is 0 Å². The third-order valence-electron chi connectivity index (χ3n) is 4.71. The largest absolute Gasteiger partial charge is 0.336 e. The first kappa shape index (κ1) is 16.1. The maximum absolute atomic E-state index is 12.7. The molecule has 1 fully saturated rings. The third-order valence-corrected chi connectivity index (χ3v) is 5.02. The van der Waals surface area contributed by atoms with E-state index in [1.165, 1.54) is 0 Å². The minimum Gasteiger partial charge on any atom is -0.336 e. The summed E-state index contributed by atoms with van der Waals surface area (Å²) in [6, 6.07) is 9.62. The summed E-state index contributed by atoms with van der Waals surface area (Å²) in [6.45, 7) is 3.27. The van der Waals surface area contributed by atoms with Gasteiger partial charge in [0.1, 0.15) is 5.65 Å². The SMILES string of the molecule is CN1CCN(C(=O)c2ccc(-c3ccc4nccn4c3)cc2Cl)CC1. The number of hydrogen-bond acceptors (Lipinski definition) is 3. The molecule has 0 unspecified atom stereocenters. The highest BCUT2D eigenvalue weighted by Gasteiger charge is 2.22. The molecule has 3 heterocycles. The smallest absolute Gasteiger partial charge is 0.255 e. The molecule has 0 radical (unpaired) electrons. The van der Waals surface area contributed by atoms with Crippen LogP contribution >= 0.6 is 11.6 Å². The molecule has 0 atom stereocenters. The van der Waals surface area contributed by atoms with Gasteiger partial charge in [-0.2, -0.15) is 0 Å². The van der Waals surface area contributed by atoms with Crippen LogP contribution in [0, 0.1) is 0 Å². The highest BCUT2D eigenvalue weighted by Crippen LogP contribution is 2.27. The molecule has 1 aliphatic heterocycles. The van der Waals surface area contributed by atoms with Crippen LogP contribution in [0.4, 0.5) is 0 Å². The topological polar surface area (TPSA) is 40.8 Å². The number of imidazole rings is 1. The zero-order valence-corrected chi connectivity index (χ0v) is 14.8. The van der Waals surface area contributed by atoms with Crippen LogP contribution in [0.2, 0.25) is 5.02 Å². The van der Waals surface area contributed by atoms with Crippen LogP contribution in [0.1, 0.15) is 10.4 Å². The number of fused-ring (bicyclic) bond motifs is 1. The number of aromatic nitrogens is 2. The first-order chi connectivity index (χ1) is 12.1. The Kier molecular flexibility index (Phi) is 4.19. The van der Waals surface area contributed by atoms with Gasteiger partial charge in [0.25, 0.3) is 5.91 Å². The van der Waals surface area contributed by atoms with E-state index in [1.54, 1.807) is 6.20 Å². The highest BCUT2D eigenvalue weighted by atomic mass is 35.5. The van der Waals surface area contributed by atoms with Gasteiger partial charge in [0.05, 0.1) is 10.6 Å². The fourth-order valence-electron chi connectivity index (χ4n) is 3.14. The molecule has 0 aliphatic carbocycles. The van der Waals surface area contributed by atoms with Crippen molar-refractivity contribution in [2.45, 2.75) is 0 Å². The summed E-state index contributed by atoms with van der Waals surface area (Å²) in [5.74, 6) is 0.00899. The highest BCUT2D eigenvalue weighted by molar-refractivity contribution is 6.34. The van der Waals surface area contributed by atoms with Gasteiger partial charge in [-0.05, 0) is 42.4 Å². The lowest BCUT2D eigenvalue weighted by atomic mass is 10.0. The van der Waals surface area contributed by atoms with E-state index in [9.17, 15) is 4.79 Å². The zero-order valence-electron chi connectivity index (χ0n) is 14.0. The molecule has 1 amide bonds. The summed E-state index contributed by atoms with van der Waals surface area (Å²) < 4.78 is 1.96. The predicted molar refractivity (Wildman–Crippen MR) is 99.0 cm³/mol. The van der Waals surface area contributed by atoms with Crippen LogP contribution in [0.3, 0.4) is 0 Å². The number of halogens is 1. The van der Waals surface area contributed by atoms with Crippen molar-refractivity contribution in [3.05, 3.63) is 59.5 Å². The summed E-state index contributed by atoms with van der Waals surface area (Å²) in [7, 11) is 2.07. The van der Waals surface area contributed by atoms with E-state index in [0.29, 0.717) is 10.6 Å². The van der Waals surface area contributed by atoms with Crippen LogP contribution in [0.15, 0.2) is 48.9 Å². The lowest BCUT2D eigenvalue weighted by Crippen LogP contribution is -2.47. The average Bonchev–Trinajstić information content (AvgIpc) is 3.09. The van der Waals surface area contributed by atoms with Crippen LogP contribution in [-0.2, 0) is 0 Å². The Labute approximate surface area is 151 Å². The van der Waals surface area contributed by atoms with Crippen LogP contribution < -0.4 is 0 Å². The van der Waals surface area contributed by atoms with Gasteiger partial charge in [-0.1, -0.05) is 17.7 Å². The van der Waals surface area contributed by atoms with Crippen LogP contribution in [0.5, 0.6) is 0 Å². The van der Waals surface area contributed by atoms with Crippen molar-refractivity contribution in [2.24, 2.45) is 0 Å². The molecule has 0 spiro atoms. The summed E-state index contributed by atoms with van der Waals surface area (Å²) >= 11 is 6.44. The van der Waals surface area contributed by atoms with Crippen molar-refractivity contribution in [1.29, 1.82) is 0 Å². The molecular formula is C19H19ClN4O. The van der Waals surface area contributed by atoms with E-state index < -0.39 is 0 Å². The molecule has 2 aromatic heterocycles. The second-order valence-electron chi connectivity index (χ2n) is 6.40. The predicted octanol–water partition coefficient (Wildman–Crippen LogP) is 3.04. The molecule has 0 bridgehead atoms. The van der Waals surface area contributed by atoms with Gasteiger partial charge >= 0.3 is 0 Å². The van der Waals surface area contributed by atoms with E-state index in [0.717, 1.165) is 43.0 Å². The van der Waals surface area contributed by atoms with Crippen LogP contribution in [-0.4, -0.2) is 58.3 Å². The Hall–Kier alpha value is -2.37. The van der Waals surface area contributed by atoms with Gasteiger partial charge in [0.15, 0.2) is 0 Å². The lowest BCUT2D eigenvalue weighted by molar-refractivity contribution is 0.0664. The molecule has 0 N–H and O–H groups in total. The second-order valence-corrected chi connectivity index (χ2v) is 6.81. The number of benzene rings is 1. The zero-order chi connectivity index (χ0) is 17.4. The second kappa shape index (κ2) is 6.50. The van der Waals surface area contributed by atoms with E-state index in [4.69, 9.17) is 11.6 Å². The Morgan fingerprint density at radius 3 is 2.60 bits per heavy atom. The molecule has 1 aliphatic rings. The molecule has 128 valence electrons. The van der Waals surface area contributed by atoms with Crippen molar-refractivity contribution in [1.82, 2.24) is 19.2 Å². The summed E-state index contributed by atoms with van der Waals surface area (Å²) in [6.07, 6.45) is 5.69. The molecule has 25 heavy (non-hydrogen) atoms. The fourth-order valence-corrected chi connectivity index (χ4v) is 3.40. The Morgan fingerprint density at radius 2 is 1.84 bits per heavy atom. The number of amides is 1. The number of rotatable bonds is 2. The van der Waals surface area contributed by atoms with Gasteiger partial charge < -0.3 is 14.2 Å². The molecule has 4 rings (SSSR count). The van der Waals surface area contributed by atoms with Gasteiger partial charge in [-0.15, -0.1) is 0 Å². The van der Waals surface area contributed by atoms with E-state index in [1.807, 2.05) is 52.0 Å². The third kappa shape index (κ3) is 3.13. The van der Waals surface area contributed by atoms with Gasteiger partial charge in [0.2, 0.25) is 0 Å². The van der Waals surface area contributed by atoms with Gasteiger partial charge in [0, 0.05) is 44.8 Å². The standard InChI is InChI=1S/C19H19ClN4O/c1-22-8-10-23(11-9-22)19(25)16-4-2-14(12-17(16)20)15-3-5-18-21-6-7-24(18)13-15/h2-7,12-13H,8-11H2,1H3. The molecule has 1 saturated heterocycles. The first-order valence-corrected chi connectivity index (χ1v) is 8.70. The molecule has 3 aromatic rings. The molecule has 0 saturated carbocycles. The number of carbonyl (C=O) groups excluding carboxylic acids is 1. The molecule has 1 aromatic carbocycles. The minimum atomic E-state index is 0.00899. The van der Waals surface area contributed by atoms with E-state index in [2.05, 4.69) is 16.9 Å². The number of likely N-dealkylation sites (N-methyl/N-ethyl adjacent to an activating group) is 1. The number of hydrogen-bond donors (Lipinski definition) is 0. The maximum atomic E-state index is 12.7. The van der Waals surface area contributed by atoms with E-state index in [-0.39, 0.29) is 5.91 Å². The minimum absolute atomic E-state index is 0.00899. The molecule has 5 nitrogen and oxygen atoms in total. The van der Waals surface area contributed by atoms with Crippen molar-refractivity contribution in [2.75, 3.05) is 33.2 Å². The average molecular weight is 355 g/mol. The van der Waals surface area contributed by atoms with Gasteiger partial charge in [-0.25, -0.2) is 4.98 Å². The number of piperazine rings is 1. The lowest BCUT2D eigenvalue weighted by Gasteiger charge is -2.32. The summed E-state index contributed by atoms with van der Waals surface area (Å²) in [5, 5.41) is 0.493. The van der Waals surface area contributed by atoms with Crippen molar-refractivity contribution < 1.29 is 4.79 Å². The molecule has 6 heteroatoms. The van der Waals surface area contributed by atoms with Crippen molar-refractivity contribution >= 4 is 23.2 Å². The normalized spacial score (nSPS) is 15.7.